The van der Waals surface area contributed by atoms with Crippen LogP contribution in [0.4, 0.5) is 5.69 Å². The van der Waals surface area contributed by atoms with E-state index in [9.17, 15) is 4.79 Å². The Morgan fingerprint density at radius 3 is 3.00 bits per heavy atom. The van der Waals surface area contributed by atoms with Crippen LogP contribution < -0.4 is 5.73 Å². The Morgan fingerprint density at radius 2 is 2.28 bits per heavy atom. The molecular weight excluding hydrogens is 224 g/mol. The van der Waals surface area contributed by atoms with Crippen LogP contribution in [0.1, 0.15) is 25.3 Å². The average Bonchev–Trinajstić information content (AvgIpc) is 2.36. The second kappa shape index (κ2) is 5.71. The molecule has 0 unspecified atom stereocenters. The Kier molecular flexibility index (Phi) is 4.03. The summed E-state index contributed by atoms with van der Waals surface area (Å²) in [6.45, 7) is 3.72. The average molecular weight is 244 g/mol. The van der Waals surface area contributed by atoms with E-state index in [2.05, 4.69) is 13.0 Å². The van der Waals surface area contributed by atoms with Crippen LogP contribution >= 0.6 is 0 Å². The summed E-state index contributed by atoms with van der Waals surface area (Å²) in [4.78, 5) is 14.0. The summed E-state index contributed by atoms with van der Waals surface area (Å²) in [7, 11) is 0. The summed E-state index contributed by atoms with van der Waals surface area (Å²) in [6, 6.07) is 7.76. The predicted molar refractivity (Wildman–Crippen MR) is 74.1 cm³/mol. The maximum absolute atomic E-state index is 12.1. The van der Waals surface area contributed by atoms with Crippen LogP contribution in [0.2, 0.25) is 0 Å². The molecule has 1 aromatic carbocycles. The molecule has 1 aromatic rings. The topological polar surface area (TPSA) is 46.3 Å². The Morgan fingerprint density at radius 1 is 1.44 bits per heavy atom. The van der Waals surface area contributed by atoms with Gasteiger partial charge in [0.25, 0.3) is 0 Å². The molecule has 2 rings (SSSR count). The number of aryl methyl sites for hydroxylation is 1. The first kappa shape index (κ1) is 12.7. The zero-order chi connectivity index (χ0) is 13.0. The molecule has 1 heterocycles. The summed E-state index contributed by atoms with van der Waals surface area (Å²) in [5.74, 6) is 0.241. The van der Waals surface area contributed by atoms with Crippen LogP contribution in [0.15, 0.2) is 35.9 Å². The molecule has 18 heavy (non-hydrogen) atoms. The SMILES string of the molecule is CC1=CCCN(C(=O)CCc2cccc(N)c2)C1. The fourth-order valence-corrected chi connectivity index (χ4v) is 2.28. The van der Waals surface area contributed by atoms with Gasteiger partial charge in [-0.25, -0.2) is 0 Å². The number of carbonyl (C=O) groups is 1. The number of carbonyl (C=O) groups excluding carboxylic acids is 1. The van der Waals surface area contributed by atoms with Crippen molar-refractivity contribution in [3.8, 4) is 0 Å². The van der Waals surface area contributed by atoms with Gasteiger partial charge in [-0.05, 0) is 37.5 Å². The molecule has 1 aliphatic rings. The molecule has 0 bridgehead atoms. The van der Waals surface area contributed by atoms with Gasteiger partial charge in [-0.15, -0.1) is 0 Å². The summed E-state index contributed by atoms with van der Waals surface area (Å²) >= 11 is 0. The van der Waals surface area contributed by atoms with Crippen LogP contribution in [0.3, 0.4) is 0 Å². The molecule has 0 saturated carbocycles. The van der Waals surface area contributed by atoms with E-state index in [1.807, 2.05) is 29.2 Å². The van der Waals surface area contributed by atoms with E-state index in [0.717, 1.165) is 37.2 Å². The lowest BCUT2D eigenvalue weighted by Gasteiger charge is -2.26. The zero-order valence-electron chi connectivity index (χ0n) is 10.9. The third-order valence-electron chi connectivity index (χ3n) is 3.26. The van der Waals surface area contributed by atoms with Gasteiger partial charge in [0, 0.05) is 25.2 Å². The van der Waals surface area contributed by atoms with Crippen LogP contribution in [0.25, 0.3) is 0 Å². The Labute approximate surface area is 108 Å². The number of rotatable bonds is 3. The van der Waals surface area contributed by atoms with E-state index in [0.29, 0.717) is 6.42 Å². The molecule has 0 saturated heterocycles. The standard InChI is InChI=1S/C15H20N2O/c1-12-4-3-9-17(11-12)15(18)8-7-13-5-2-6-14(16)10-13/h2,4-6,10H,3,7-9,11,16H2,1H3. The van der Waals surface area contributed by atoms with E-state index in [1.165, 1.54) is 5.57 Å². The van der Waals surface area contributed by atoms with Gasteiger partial charge < -0.3 is 10.6 Å². The molecule has 0 radical (unpaired) electrons. The van der Waals surface area contributed by atoms with E-state index in [1.54, 1.807) is 0 Å². The molecule has 0 spiro atoms. The highest BCUT2D eigenvalue weighted by atomic mass is 16.2. The second-order valence-electron chi connectivity index (χ2n) is 4.90. The maximum Gasteiger partial charge on any atom is 0.223 e. The van der Waals surface area contributed by atoms with Gasteiger partial charge in [0.15, 0.2) is 0 Å². The third kappa shape index (κ3) is 3.36. The van der Waals surface area contributed by atoms with Crippen molar-refractivity contribution in [2.75, 3.05) is 18.8 Å². The van der Waals surface area contributed by atoms with Crippen molar-refractivity contribution in [3.63, 3.8) is 0 Å². The first-order valence-corrected chi connectivity index (χ1v) is 6.43. The van der Waals surface area contributed by atoms with Crippen molar-refractivity contribution in [1.82, 2.24) is 4.90 Å². The van der Waals surface area contributed by atoms with Gasteiger partial charge in [-0.3, -0.25) is 4.79 Å². The molecule has 1 amide bonds. The summed E-state index contributed by atoms with van der Waals surface area (Å²) < 4.78 is 0. The molecule has 3 heteroatoms. The van der Waals surface area contributed by atoms with E-state index < -0.39 is 0 Å². The van der Waals surface area contributed by atoms with Gasteiger partial charge in [-0.1, -0.05) is 23.8 Å². The van der Waals surface area contributed by atoms with Crippen LogP contribution in [0.5, 0.6) is 0 Å². The van der Waals surface area contributed by atoms with Crippen LogP contribution in [0, 0.1) is 0 Å². The number of hydrogen-bond donors (Lipinski definition) is 1. The Hall–Kier alpha value is -1.77. The third-order valence-corrected chi connectivity index (χ3v) is 3.26. The Bertz CT molecular complexity index is 465. The number of nitrogens with two attached hydrogens (primary N) is 1. The smallest absolute Gasteiger partial charge is 0.223 e. The van der Waals surface area contributed by atoms with Gasteiger partial charge >= 0.3 is 0 Å². The van der Waals surface area contributed by atoms with Crippen molar-refractivity contribution in [3.05, 3.63) is 41.5 Å². The number of benzene rings is 1. The lowest BCUT2D eigenvalue weighted by Crippen LogP contribution is -2.35. The molecule has 1 aliphatic heterocycles. The quantitative estimate of drug-likeness (QED) is 0.655. The minimum Gasteiger partial charge on any atom is -0.399 e. The van der Waals surface area contributed by atoms with Crippen molar-refractivity contribution in [2.45, 2.75) is 26.2 Å². The van der Waals surface area contributed by atoms with Crippen LogP contribution in [-0.4, -0.2) is 23.9 Å². The van der Waals surface area contributed by atoms with Gasteiger partial charge in [-0.2, -0.15) is 0 Å². The van der Waals surface area contributed by atoms with Crippen molar-refractivity contribution in [1.29, 1.82) is 0 Å². The zero-order valence-corrected chi connectivity index (χ0v) is 10.9. The molecule has 96 valence electrons. The van der Waals surface area contributed by atoms with Gasteiger partial charge in [0.1, 0.15) is 0 Å². The highest BCUT2D eigenvalue weighted by Crippen LogP contribution is 2.13. The van der Waals surface area contributed by atoms with E-state index in [-0.39, 0.29) is 5.91 Å². The molecular formula is C15H20N2O. The van der Waals surface area contributed by atoms with E-state index >= 15 is 0 Å². The molecule has 2 N–H and O–H groups in total. The fraction of sp³-hybridized carbons (Fsp3) is 0.400. The van der Waals surface area contributed by atoms with Crippen molar-refractivity contribution in [2.24, 2.45) is 0 Å². The Balaban J connectivity index is 1.87. The molecule has 0 fully saturated rings. The first-order chi connectivity index (χ1) is 8.65. The molecule has 0 atom stereocenters. The first-order valence-electron chi connectivity index (χ1n) is 6.43. The number of amides is 1. The summed E-state index contributed by atoms with van der Waals surface area (Å²) in [5, 5.41) is 0. The fourth-order valence-electron chi connectivity index (χ4n) is 2.28. The van der Waals surface area contributed by atoms with Crippen LogP contribution in [-0.2, 0) is 11.2 Å². The molecule has 0 aromatic heterocycles. The number of nitrogens with zero attached hydrogens (tertiary/aromatic N) is 1. The largest absolute Gasteiger partial charge is 0.399 e. The highest BCUT2D eigenvalue weighted by Gasteiger charge is 2.15. The monoisotopic (exact) mass is 244 g/mol. The maximum atomic E-state index is 12.1. The second-order valence-corrected chi connectivity index (χ2v) is 4.90. The minimum atomic E-state index is 0.241. The number of anilines is 1. The summed E-state index contributed by atoms with van der Waals surface area (Å²) in [5.41, 5.74) is 8.91. The number of hydrogen-bond acceptors (Lipinski definition) is 2. The predicted octanol–water partition coefficient (Wildman–Crippen LogP) is 2.38. The molecule has 3 nitrogen and oxygen atoms in total. The highest BCUT2D eigenvalue weighted by molar-refractivity contribution is 5.77. The lowest BCUT2D eigenvalue weighted by atomic mass is 10.1. The van der Waals surface area contributed by atoms with Crippen molar-refractivity contribution < 1.29 is 4.79 Å². The lowest BCUT2D eigenvalue weighted by molar-refractivity contribution is -0.130. The number of nitrogen functional groups attached to an aromatic ring is 1. The molecule has 0 aliphatic carbocycles. The normalized spacial score (nSPS) is 15.4. The van der Waals surface area contributed by atoms with Crippen molar-refractivity contribution >= 4 is 11.6 Å². The minimum absolute atomic E-state index is 0.241. The van der Waals surface area contributed by atoms with E-state index in [4.69, 9.17) is 5.73 Å². The van der Waals surface area contributed by atoms with Gasteiger partial charge in [0.05, 0.1) is 0 Å². The summed E-state index contributed by atoms with van der Waals surface area (Å²) in [6.07, 6.45) is 4.53. The van der Waals surface area contributed by atoms with Gasteiger partial charge in [0.2, 0.25) is 5.91 Å².